The number of nitrogens with zero attached hydrogens (tertiary/aromatic N) is 1. The fourth-order valence-electron chi connectivity index (χ4n) is 2.89. The third kappa shape index (κ3) is 4.52. The lowest BCUT2D eigenvalue weighted by atomic mass is 10.2. The van der Waals surface area contributed by atoms with Gasteiger partial charge in [-0.3, -0.25) is 4.79 Å². The molecule has 4 rings (SSSR count). The van der Waals surface area contributed by atoms with Crippen molar-refractivity contribution in [3.05, 3.63) is 83.4 Å². The van der Waals surface area contributed by atoms with Crippen LogP contribution < -0.4 is 24.4 Å². The summed E-state index contributed by atoms with van der Waals surface area (Å²) in [5, 5.41) is 4.02. The first kappa shape index (κ1) is 19.3. The molecule has 0 bridgehead atoms. The molecule has 0 radical (unpaired) electrons. The minimum atomic E-state index is -0.348. The lowest BCUT2D eigenvalue weighted by Crippen LogP contribution is -2.17. The summed E-state index contributed by atoms with van der Waals surface area (Å²) in [6.07, 6.45) is 1.54. The van der Waals surface area contributed by atoms with Crippen LogP contribution in [0.15, 0.2) is 71.8 Å². The van der Waals surface area contributed by atoms with Crippen LogP contribution in [-0.4, -0.2) is 26.0 Å². The van der Waals surface area contributed by atoms with E-state index in [1.54, 1.807) is 31.4 Å². The zero-order valence-corrected chi connectivity index (χ0v) is 16.3. The SMILES string of the molecule is COc1cc(/C=N/NC(=O)c2ccc3c(c2)OCO3)ccc1OCc1ccccc1. The number of methoxy groups -OCH3 is 1. The second kappa shape index (κ2) is 9.00. The van der Waals surface area contributed by atoms with Crippen molar-refractivity contribution in [3.63, 3.8) is 0 Å². The van der Waals surface area contributed by atoms with Crippen molar-refractivity contribution in [2.24, 2.45) is 5.10 Å². The van der Waals surface area contributed by atoms with Crippen molar-refractivity contribution in [1.82, 2.24) is 5.43 Å². The fourth-order valence-corrected chi connectivity index (χ4v) is 2.89. The predicted octanol–water partition coefficient (Wildman–Crippen LogP) is 3.77. The Morgan fingerprint density at radius 2 is 1.87 bits per heavy atom. The Labute approximate surface area is 173 Å². The third-order valence-corrected chi connectivity index (χ3v) is 4.44. The highest BCUT2D eigenvalue weighted by Crippen LogP contribution is 2.32. The van der Waals surface area contributed by atoms with E-state index in [0.717, 1.165) is 11.1 Å². The van der Waals surface area contributed by atoms with Gasteiger partial charge in [-0.25, -0.2) is 5.43 Å². The maximum Gasteiger partial charge on any atom is 0.271 e. The van der Waals surface area contributed by atoms with E-state index >= 15 is 0 Å². The van der Waals surface area contributed by atoms with E-state index in [1.165, 1.54) is 6.21 Å². The quantitative estimate of drug-likeness (QED) is 0.479. The molecule has 7 heteroatoms. The van der Waals surface area contributed by atoms with E-state index in [2.05, 4.69) is 10.5 Å². The molecule has 3 aromatic rings. The lowest BCUT2D eigenvalue weighted by Gasteiger charge is -2.11. The van der Waals surface area contributed by atoms with Gasteiger partial charge < -0.3 is 18.9 Å². The molecular formula is C23H20N2O5. The molecule has 0 atom stereocenters. The maximum atomic E-state index is 12.3. The van der Waals surface area contributed by atoms with E-state index < -0.39 is 0 Å². The molecule has 3 aromatic carbocycles. The van der Waals surface area contributed by atoms with Crippen LogP contribution in [0.3, 0.4) is 0 Å². The number of carbonyl (C=O) groups excluding carboxylic acids is 1. The molecule has 30 heavy (non-hydrogen) atoms. The molecule has 1 heterocycles. The minimum absolute atomic E-state index is 0.158. The highest BCUT2D eigenvalue weighted by atomic mass is 16.7. The number of nitrogens with one attached hydrogen (secondary N) is 1. The van der Waals surface area contributed by atoms with Crippen LogP contribution >= 0.6 is 0 Å². The predicted molar refractivity (Wildman–Crippen MR) is 111 cm³/mol. The number of hydrogen-bond acceptors (Lipinski definition) is 6. The molecule has 0 aliphatic carbocycles. The second-order valence-corrected chi connectivity index (χ2v) is 6.45. The topological polar surface area (TPSA) is 78.4 Å². The molecule has 1 aliphatic heterocycles. The van der Waals surface area contributed by atoms with Crippen molar-refractivity contribution in [3.8, 4) is 23.0 Å². The number of hydrogen-bond donors (Lipinski definition) is 1. The Morgan fingerprint density at radius 3 is 2.70 bits per heavy atom. The number of benzene rings is 3. The Bertz CT molecular complexity index is 1070. The Morgan fingerprint density at radius 1 is 1.03 bits per heavy atom. The fraction of sp³-hybridized carbons (Fsp3) is 0.130. The minimum Gasteiger partial charge on any atom is -0.493 e. The summed E-state index contributed by atoms with van der Waals surface area (Å²) >= 11 is 0. The van der Waals surface area contributed by atoms with Crippen molar-refractivity contribution in [2.45, 2.75) is 6.61 Å². The van der Waals surface area contributed by atoms with Gasteiger partial charge in [-0.05, 0) is 47.5 Å². The molecule has 0 saturated heterocycles. The first-order valence-electron chi connectivity index (χ1n) is 9.31. The molecule has 0 spiro atoms. The van der Waals surface area contributed by atoms with E-state index in [0.29, 0.717) is 35.2 Å². The molecule has 1 amide bonds. The summed E-state index contributed by atoms with van der Waals surface area (Å²) in [6.45, 7) is 0.599. The van der Waals surface area contributed by atoms with Crippen molar-refractivity contribution in [2.75, 3.05) is 13.9 Å². The first-order chi connectivity index (χ1) is 14.7. The van der Waals surface area contributed by atoms with Gasteiger partial charge in [-0.2, -0.15) is 5.10 Å². The summed E-state index contributed by atoms with van der Waals surface area (Å²) < 4.78 is 21.8. The van der Waals surface area contributed by atoms with Gasteiger partial charge in [0, 0.05) is 5.56 Å². The first-order valence-corrected chi connectivity index (χ1v) is 9.31. The molecule has 7 nitrogen and oxygen atoms in total. The van der Waals surface area contributed by atoms with Gasteiger partial charge in [0.1, 0.15) is 6.61 Å². The molecule has 1 aliphatic rings. The summed E-state index contributed by atoms with van der Waals surface area (Å²) in [7, 11) is 1.58. The normalized spacial score (nSPS) is 12.0. The van der Waals surface area contributed by atoms with Crippen LogP contribution in [0.2, 0.25) is 0 Å². The highest BCUT2D eigenvalue weighted by Gasteiger charge is 2.15. The van der Waals surface area contributed by atoms with Gasteiger partial charge in [0.25, 0.3) is 5.91 Å². The van der Waals surface area contributed by atoms with Gasteiger partial charge in [-0.15, -0.1) is 0 Å². The molecule has 0 fully saturated rings. The van der Waals surface area contributed by atoms with Crippen molar-refractivity contribution in [1.29, 1.82) is 0 Å². The van der Waals surface area contributed by atoms with Crippen LogP contribution in [0.25, 0.3) is 0 Å². The Balaban J connectivity index is 1.38. The molecule has 0 aromatic heterocycles. The third-order valence-electron chi connectivity index (χ3n) is 4.44. The average Bonchev–Trinajstić information content (AvgIpc) is 3.26. The van der Waals surface area contributed by atoms with Crippen LogP contribution in [0.5, 0.6) is 23.0 Å². The molecule has 152 valence electrons. The summed E-state index contributed by atoms with van der Waals surface area (Å²) in [5.74, 6) is 2.03. The summed E-state index contributed by atoms with van der Waals surface area (Å²) in [5.41, 5.74) is 4.75. The van der Waals surface area contributed by atoms with E-state index in [4.69, 9.17) is 18.9 Å². The Hall–Kier alpha value is -4.00. The number of rotatable bonds is 7. The second-order valence-electron chi connectivity index (χ2n) is 6.45. The van der Waals surface area contributed by atoms with E-state index in [-0.39, 0.29) is 12.7 Å². The summed E-state index contributed by atoms with van der Waals surface area (Å²) in [6, 6.07) is 20.3. The highest BCUT2D eigenvalue weighted by molar-refractivity contribution is 5.95. The van der Waals surface area contributed by atoms with Gasteiger partial charge in [-0.1, -0.05) is 30.3 Å². The monoisotopic (exact) mass is 404 g/mol. The molecular weight excluding hydrogens is 384 g/mol. The van der Waals surface area contributed by atoms with Gasteiger partial charge >= 0.3 is 0 Å². The number of amides is 1. The van der Waals surface area contributed by atoms with Crippen molar-refractivity contribution >= 4 is 12.1 Å². The number of ether oxygens (including phenoxy) is 4. The van der Waals surface area contributed by atoms with Gasteiger partial charge in [0.2, 0.25) is 6.79 Å². The summed E-state index contributed by atoms with van der Waals surface area (Å²) in [4.78, 5) is 12.3. The van der Waals surface area contributed by atoms with Gasteiger partial charge in [0.15, 0.2) is 23.0 Å². The average molecular weight is 404 g/mol. The van der Waals surface area contributed by atoms with E-state index in [1.807, 2.05) is 42.5 Å². The van der Waals surface area contributed by atoms with E-state index in [9.17, 15) is 4.79 Å². The smallest absolute Gasteiger partial charge is 0.271 e. The standard InChI is InChI=1S/C23H20N2O5/c1-27-21-11-17(7-9-19(21)28-14-16-5-3-2-4-6-16)13-24-25-23(26)18-8-10-20-22(12-18)30-15-29-20/h2-13H,14-15H2,1H3,(H,25,26)/b24-13+. The number of carbonyl (C=O) groups is 1. The van der Waals surface area contributed by atoms with Crippen LogP contribution in [0.4, 0.5) is 0 Å². The molecule has 0 unspecified atom stereocenters. The number of fused-ring (bicyclic) bond motifs is 1. The maximum absolute atomic E-state index is 12.3. The Kier molecular flexibility index (Phi) is 5.80. The number of hydrazone groups is 1. The van der Waals surface area contributed by atoms with Crippen LogP contribution in [0.1, 0.15) is 21.5 Å². The van der Waals surface area contributed by atoms with Crippen LogP contribution in [-0.2, 0) is 6.61 Å². The largest absolute Gasteiger partial charge is 0.493 e. The zero-order valence-electron chi connectivity index (χ0n) is 16.3. The zero-order chi connectivity index (χ0) is 20.8. The van der Waals surface area contributed by atoms with Gasteiger partial charge in [0.05, 0.1) is 13.3 Å². The molecule has 1 N–H and O–H groups in total. The lowest BCUT2D eigenvalue weighted by molar-refractivity contribution is 0.0954. The molecule has 0 saturated carbocycles. The van der Waals surface area contributed by atoms with Crippen LogP contribution in [0, 0.1) is 0 Å². The van der Waals surface area contributed by atoms with Crippen molar-refractivity contribution < 1.29 is 23.7 Å².